The van der Waals surface area contributed by atoms with Crippen molar-refractivity contribution in [3.8, 4) is 10.6 Å². The Morgan fingerprint density at radius 1 is 1.21 bits per heavy atom. The second-order valence-electron chi connectivity index (χ2n) is 7.58. The van der Waals surface area contributed by atoms with Crippen molar-refractivity contribution in [3.05, 3.63) is 52.0 Å². The summed E-state index contributed by atoms with van der Waals surface area (Å²) in [5, 5.41) is 2.94. The summed E-state index contributed by atoms with van der Waals surface area (Å²) in [6.07, 6.45) is -2.88. The Bertz CT molecular complexity index is 957. The van der Waals surface area contributed by atoms with Crippen LogP contribution in [0.2, 0.25) is 0 Å². The van der Waals surface area contributed by atoms with Gasteiger partial charge in [0.25, 0.3) is 0 Å². The minimum absolute atomic E-state index is 0.0663. The van der Waals surface area contributed by atoms with Crippen LogP contribution < -0.4 is 0 Å². The van der Waals surface area contributed by atoms with Gasteiger partial charge in [-0.1, -0.05) is 44.7 Å². The first-order chi connectivity index (χ1) is 13.4. The third-order valence-corrected chi connectivity index (χ3v) is 6.20. The molecule has 0 unspecified atom stereocenters. The summed E-state index contributed by atoms with van der Waals surface area (Å²) in [5.41, 5.74) is -0.0535. The van der Waals surface area contributed by atoms with E-state index in [9.17, 15) is 22.8 Å². The van der Waals surface area contributed by atoms with Gasteiger partial charge in [0, 0.05) is 22.4 Å². The minimum Gasteiger partial charge on any atom is -0.300 e. The summed E-state index contributed by atoms with van der Waals surface area (Å²) in [5.74, 6) is 0.0922. The van der Waals surface area contributed by atoms with Crippen LogP contribution in [-0.4, -0.2) is 27.3 Å². The summed E-state index contributed by atoms with van der Waals surface area (Å²) in [4.78, 5) is 30.5. The van der Waals surface area contributed by atoms with E-state index >= 15 is 0 Å². The minimum atomic E-state index is -4.38. The molecule has 0 bridgehead atoms. The second kappa shape index (κ2) is 7.95. The number of ketones is 1. The maximum absolute atomic E-state index is 12.7. The van der Waals surface area contributed by atoms with Crippen LogP contribution in [0, 0.1) is 5.41 Å². The average molecular weight is 441 g/mol. The molecule has 0 spiro atoms. The molecular weight excluding hydrogens is 421 g/mol. The van der Waals surface area contributed by atoms with Crippen molar-refractivity contribution in [2.75, 3.05) is 5.75 Å². The van der Waals surface area contributed by atoms with Crippen LogP contribution in [0.25, 0.3) is 10.6 Å². The third kappa shape index (κ3) is 5.08. The SMILES string of the molecule is CC(C)(C)C(=O)/C=C1\SCC(=O)N1Cc1csc(-c2ccc(C(F)(F)F)cc2)n1. The topological polar surface area (TPSA) is 50.3 Å². The molecule has 9 heteroatoms. The highest BCUT2D eigenvalue weighted by atomic mass is 32.2. The summed E-state index contributed by atoms with van der Waals surface area (Å²) in [6, 6.07) is 4.82. The molecule has 0 saturated carbocycles. The number of hydrogen-bond acceptors (Lipinski definition) is 5. The van der Waals surface area contributed by atoms with Crippen molar-refractivity contribution in [2.45, 2.75) is 33.5 Å². The summed E-state index contributed by atoms with van der Waals surface area (Å²) in [7, 11) is 0. The molecule has 154 valence electrons. The number of aromatic nitrogens is 1. The molecule has 1 saturated heterocycles. The van der Waals surface area contributed by atoms with E-state index in [-0.39, 0.29) is 24.0 Å². The van der Waals surface area contributed by atoms with Gasteiger partial charge in [-0.3, -0.25) is 14.5 Å². The van der Waals surface area contributed by atoms with Crippen molar-refractivity contribution in [2.24, 2.45) is 5.41 Å². The number of carbonyl (C=O) groups is 2. The van der Waals surface area contributed by atoms with E-state index in [1.54, 1.807) is 5.38 Å². The standard InChI is InChI=1S/C20H19F3N2O2S2/c1-19(2,3)15(26)8-17-25(16(27)11-28-17)9-14-10-29-18(24-14)12-4-6-13(7-5-12)20(21,22)23/h4-8,10H,9,11H2,1-3H3/b17-8-. The molecule has 0 aliphatic carbocycles. The van der Waals surface area contributed by atoms with Crippen molar-refractivity contribution in [1.29, 1.82) is 0 Å². The van der Waals surface area contributed by atoms with Crippen molar-refractivity contribution >= 4 is 34.8 Å². The molecule has 0 radical (unpaired) electrons. The number of carbonyl (C=O) groups excluding carboxylic acids is 2. The molecule has 0 N–H and O–H groups in total. The smallest absolute Gasteiger partial charge is 0.300 e. The predicted octanol–water partition coefficient (Wildman–Crippen LogP) is 5.36. The Morgan fingerprint density at radius 3 is 2.45 bits per heavy atom. The molecule has 1 aliphatic rings. The Morgan fingerprint density at radius 2 is 1.86 bits per heavy atom. The largest absolute Gasteiger partial charge is 0.416 e. The Labute approximate surface area is 174 Å². The van der Waals surface area contributed by atoms with E-state index in [0.717, 1.165) is 12.1 Å². The van der Waals surface area contributed by atoms with Gasteiger partial charge in [-0.2, -0.15) is 13.2 Å². The average Bonchev–Trinajstić information content (AvgIpc) is 3.22. The van der Waals surface area contributed by atoms with E-state index in [2.05, 4.69) is 4.98 Å². The lowest BCUT2D eigenvalue weighted by Crippen LogP contribution is -2.26. The van der Waals surface area contributed by atoms with Crippen LogP contribution in [0.5, 0.6) is 0 Å². The second-order valence-corrected chi connectivity index (χ2v) is 9.44. The fourth-order valence-electron chi connectivity index (χ4n) is 2.50. The Balaban J connectivity index is 1.77. The number of benzene rings is 1. The van der Waals surface area contributed by atoms with E-state index in [4.69, 9.17) is 0 Å². The van der Waals surface area contributed by atoms with Crippen LogP contribution >= 0.6 is 23.1 Å². The van der Waals surface area contributed by atoms with Gasteiger partial charge in [-0.25, -0.2) is 4.98 Å². The molecule has 29 heavy (non-hydrogen) atoms. The zero-order chi connectivity index (χ0) is 21.4. The summed E-state index contributed by atoms with van der Waals surface area (Å²) in [6.45, 7) is 5.66. The number of thiazole rings is 1. The van der Waals surface area contributed by atoms with Crippen LogP contribution in [0.15, 0.2) is 40.8 Å². The van der Waals surface area contributed by atoms with Gasteiger partial charge in [0.2, 0.25) is 5.91 Å². The predicted molar refractivity (Wildman–Crippen MR) is 108 cm³/mol. The third-order valence-electron chi connectivity index (χ3n) is 4.24. The van der Waals surface area contributed by atoms with Crippen molar-refractivity contribution < 1.29 is 22.8 Å². The number of halogens is 3. The van der Waals surface area contributed by atoms with Crippen LogP contribution in [0.4, 0.5) is 13.2 Å². The first-order valence-corrected chi connectivity index (χ1v) is 10.6. The monoisotopic (exact) mass is 440 g/mol. The molecule has 1 aromatic heterocycles. The molecule has 1 fully saturated rings. The molecule has 4 nitrogen and oxygen atoms in total. The van der Waals surface area contributed by atoms with Crippen molar-refractivity contribution in [1.82, 2.24) is 9.88 Å². The molecule has 1 amide bonds. The number of rotatable bonds is 4. The van der Waals surface area contributed by atoms with Crippen LogP contribution in [-0.2, 0) is 22.3 Å². The lowest BCUT2D eigenvalue weighted by Gasteiger charge is -2.18. The number of nitrogens with zero attached hydrogens (tertiary/aromatic N) is 2. The summed E-state index contributed by atoms with van der Waals surface area (Å²) < 4.78 is 38.1. The quantitative estimate of drug-likeness (QED) is 0.601. The van der Waals surface area contributed by atoms with Gasteiger partial charge >= 0.3 is 6.18 Å². The number of hydrogen-bond donors (Lipinski definition) is 0. The fraction of sp³-hybridized carbons (Fsp3) is 0.350. The maximum atomic E-state index is 12.7. The number of thioether (sulfide) groups is 1. The first-order valence-electron chi connectivity index (χ1n) is 8.76. The van der Waals surface area contributed by atoms with Crippen LogP contribution in [0.1, 0.15) is 32.0 Å². The molecule has 3 rings (SSSR count). The maximum Gasteiger partial charge on any atom is 0.416 e. The van der Waals surface area contributed by atoms with Gasteiger partial charge in [0.1, 0.15) is 5.01 Å². The molecule has 2 aromatic rings. The number of allylic oxidation sites excluding steroid dienone is 1. The Hall–Kier alpha value is -2.13. The van der Waals surface area contributed by atoms with E-state index in [1.165, 1.54) is 46.2 Å². The van der Waals surface area contributed by atoms with E-state index in [0.29, 0.717) is 21.3 Å². The highest BCUT2D eigenvalue weighted by Gasteiger charge is 2.31. The Kier molecular flexibility index (Phi) is 5.91. The lowest BCUT2D eigenvalue weighted by molar-refractivity contribution is -0.137. The van der Waals surface area contributed by atoms with E-state index in [1.807, 2.05) is 20.8 Å². The fourth-order valence-corrected chi connectivity index (χ4v) is 4.26. The van der Waals surface area contributed by atoms with Gasteiger partial charge in [0.15, 0.2) is 5.78 Å². The van der Waals surface area contributed by atoms with Crippen LogP contribution in [0.3, 0.4) is 0 Å². The van der Waals surface area contributed by atoms with E-state index < -0.39 is 17.2 Å². The first kappa shape index (κ1) is 21.6. The zero-order valence-electron chi connectivity index (χ0n) is 16.0. The van der Waals surface area contributed by atoms with Gasteiger partial charge in [-0.15, -0.1) is 11.3 Å². The zero-order valence-corrected chi connectivity index (χ0v) is 17.7. The van der Waals surface area contributed by atoms with Gasteiger partial charge in [0.05, 0.1) is 28.6 Å². The highest BCUT2D eigenvalue weighted by Crippen LogP contribution is 2.34. The highest BCUT2D eigenvalue weighted by molar-refractivity contribution is 8.04. The lowest BCUT2D eigenvalue weighted by atomic mass is 9.91. The molecule has 2 heterocycles. The number of amides is 1. The van der Waals surface area contributed by atoms with Crippen molar-refractivity contribution in [3.63, 3.8) is 0 Å². The molecule has 0 atom stereocenters. The normalized spacial score (nSPS) is 16.7. The molecular formula is C20H19F3N2O2S2. The molecule has 1 aliphatic heterocycles. The number of alkyl halides is 3. The van der Waals surface area contributed by atoms with Gasteiger partial charge < -0.3 is 0 Å². The molecule has 1 aromatic carbocycles. The van der Waals surface area contributed by atoms with Gasteiger partial charge in [-0.05, 0) is 12.1 Å². The summed E-state index contributed by atoms with van der Waals surface area (Å²) >= 11 is 2.61.